The lowest BCUT2D eigenvalue weighted by Gasteiger charge is -2.31. The van der Waals surface area contributed by atoms with Crippen molar-refractivity contribution in [3.63, 3.8) is 0 Å². The van der Waals surface area contributed by atoms with Crippen LogP contribution in [-0.2, 0) is 14.3 Å². The summed E-state index contributed by atoms with van der Waals surface area (Å²) in [6.45, 7) is 2.94. The third-order valence-corrected chi connectivity index (χ3v) is 6.82. The number of rotatable bonds is 5. The third-order valence-electron chi connectivity index (χ3n) is 5.51. The second-order valence-corrected chi connectivity index (χ2v) is 8.51. The smallest absolute Gasteiger partial charge is 0.309 e. The number of hydrogen-bond acceptors (Lipinski definition) is 5. The maximum absolute atomic E-state index is 12.5. The predicted octanol–water partition coefficient (Wildman–Crippen LogP) is 3.58. The Labute approximate surface area is 162 Å². The summed E-state index contributed by atoms with van der Waals surface area (Å²) in [5.41, 5.74) is 0.948. The number of ether oxygens (including phenoxy) is 1. The molecule has 2 aliphatic rings. The number of aryl methyl sites for hydroxylation is 1. The highest BCUT2D eigenvalue weighted by atomic mass is 32.1. The van der Waals surface area contributed by atoms with Crippen LogP contribution in [0, 0.1) is 18.8 Å². The van der Waals surface area contributed by atoms with Crippen LogP contribution in [0.4, 0.5) is 0 Å². The van der Waals surface area contributed by atoms with Crippen molar-refractivity contribution >= 4 is 39.1 Å². The van der Waals surface area contributed by atoms with Gasteiger partial charge in [-0.1, -0.05) is 18.2 Å². The molecule has 1 aliphatic carbocycles. The molecule has 1 saturated carbocycles. The summed E-state index contributed by atoms with van der Waals surface area (Å²) >= 11 is 1.45. The van der Waals surface area contributed by atoms with E-state index in [0.717, 1.165) is 28.5 Å². The van der Waals surface area contributed by atoms with Crippen molar-refractivity contribution in [1.82, 2.24) is 4.90 Å². The van der Waals surface area contributed by atoms with Gasteiger partial charge in [0.1, 0.15) is 0 Å². The molecule has 0 spiro atoms. The van der Waals surface area contributed by atoms with E-state index in [-0.39, 0.29) is 36.1 Å². The fourth-order valence-corrected chi connectivity index (χ4v) is 4.82. The summed E-state index contributed by atoms with van der Waals surface area (Å²) in [6.07, 6.45) is 3.24. The minimum absolute atomic E-state index is 0.150. The van der Waals surface area contributed by atoms with Crippen molar-refractivity contribution in [3.8, 4) is 0 Å². The van der Waals surface area contributed by atoms with Gasteiger partial charge in [-0.2, -0.15) is 0 Å². The zero-order valence-electron chi connectivity index (χ0n) is 15.4. The number of ketones is 1. The van der Waals surface area contributed by atoms with Crippen LogP contribution < -0.4 is 0 Å². The Bertz CT molecular complexity index is 891. The lowest BCUT2D eigenvalue weighted by Crippen LogP contribution is -2.41. The SMILES string of the molecule is Cc1c(C(=O)COC(=O)C2CCN(C(=O)C3CC3)CC2)sc2ccccc12. The van der Waals surface area contributed by atoms with E-state index >= 15 is 0 Å². The second kappa shape index (κ2) is 7.43. The number of esters is 1. The zero-order chi connectivity index (χ0) is 19.0. The van der Waals surface area contributed by atoms with E-state index in [1.807, 2.05) is 36.1 Å². The molecule has 4 rings (SSSR count). The number of carbonyl (C=O) groups is 3. The summed E-state index contributed by atoms with van der Waals surface area (Å²) in [7, 11) is 0. The van der Waals surface area contributed by atoms with Crippen LogP contribution in [0.5, 0.6) is 0 Å². The molecule has 1 amide bonds. The quantitative estimate of drug-likeness (QED) is 0.583. The average molecular weight is 385 g/mol. The van der Waals surface area contributed by atoms with Gasteiger partial charge < -0.3 is 9.64 Å². The monoisotopic (exact) mass is 385 g/mol. The molecule has 0 radical (unpaired) electrons. The number of fused-ring (bicyclic) bond motifs is 1. The molecule has 1 aromatic heterocycles. The van der Waals surface area contributed by atoms with E-state index < -0.39 is 0 Å². The molecule has 142 valence electrons. The van der Waals surface area contributed by atoms with E-state index in [4.69, 9.17) is 4.74 Å². The summed E-state index contributed by atoms with van der Waals surface area (Å²) in [6, 6.07) is 7.90. The van der Waals surface area contributed by atoms with Crippen LogP contribution in [0.2, 0.25) is 0 Å². The average Bonchev–Trinajstić information content (AvgIpc) is 3.49. The highest BCUT2D eigenvalue weighted by Gasteiger charge is 2.36. The summed E-state index contributed by atoms with van der Waals surface area (Å²) in [5, 5.41) is 1.07. The Morgan fingerprint density at radius 1 is 1.07 bits per heavy atom. The molecule has 1 aliphatic heterocycles. The van der Waals surface area contributed by atoms with Gasteiger partial charge in [-0.15, -0.1) is 11.3 Å². The molecule has 0 atom stereocenters. The van der Waals surface area contributed by atoms with E-state index in [2.05, 4.69) is 0 Å². The summed E-state index contributed by atoms with van der Waals surface area (Å²) in [4.78, 5) is 39.5. The molecule has 2 heterocycles. The molecule has 1 saturated heterocycles. The van der Waals surface area contributed by atoms with Gasteiger partial charge in [0.2, 0.25) is 11.7 Å². The summed E-state index contributed by atoms with van der Waals surface area (Å²) in [5.74, 6) is -0.235. The molecule has 0 bridgehead atoms. The highest BCUT2D eigenvalue weighted by molar-refractivity contribution is 7.21. The van der Waals surface area contributed by atoms with Crippen molar-refractivity contribution in [1.29, 1.82) is 0 Å². The first kappa shape index (κ1) is 18.2. The van der Waals surface area contributed by atoms with Gasteiger partial charge in [-0.05, 0) is 49.6 Å². The molecule has 5 nitrogen and oxygen atoms in total. The van der Waals surface area contributed by atoms with Gasteiger partial charge in [-0.25, -0.2) is 0 Å². The third kappa shape index (κ3) is 3.76. The molecular weight excluding hydrogens is 362 g/mol. The summed E-state index contributed by atoms with van der Waals surface area (Å²) < 4.78 is 6.39. The van der Waals surface area contributed by atoms with Crippen molar-refractivity contribution in [3.05, 3.63) is 34.7 Å². The molecule has 27 heavy (non-hydrogen) atoms. The van der Waals surface area contributed by atoms with Crippen LogP contribution >= 0.6 is 11.3 Å². The number of amides is 1. The van der Waals surface area contributed by atoms with Crippen molar-refractivity contribution in [2.45, 2.75) is 32.6 Å². The Balaban J connectivity index is 1.30. The molecular formula is C21H23NO4S. The highest BCUT2D eigenvalue weighted by Crippen LogP contribution is 2.33. The van der Waals surface area contributed by atoms with E-state index in [1.54, 1.807) is 0 Å². The minimum Gasteiger partial charge on any atom is -0.457 e. The van der Waals surface area contributed by atoms with Crippen LogP contribution in [0.3, 0.4) is 0 Å². The van der Waals surface area contributed by atoms with Crippen LogP contribution in [0.25, 0.3) is 10.1 Å². The first-order valence-corrected chi connectivity index (χ1v) is 10.3. The maximum Gasteiger partial charge on any atom is 0.309 e. The minimum atomic E-state index is -0.319. The topological polar surface area (TPSA) is 63.7 Å². The number of Topliss-reactive ketones (excluding diaryl/α,β-unsaturated/α-hetero) is 1. The lowest BCUT2D eigenvalue weighted by molar-refractivity contribution is -0.150. The van der Waals surface area contributed by atoms with Crippen molar-refractivity contribution in [2.24, 2.45) is 11.8 Å². The molecule has 0 N–H and O–H groups in total. The zero-order valence-corrected chi connectivity index (χ0v) is 16.2. The largest absolute Gasteiger partial charge is 0.457 e. The first-order valence-electron chi connectivity index (χ1n) is 9.51. The normalized spacial score (nSPS) is 17.9. The molecule has 6 heteroatoms. The van der Waals surface area contributed by atoms with Gasteiger partial charge in [-0.3, -0.25) is 14.4 Å². The van der Waals surface area contributed by atoms with Gasteiger partial charge >= 0.3 is 5.97 Å². The van der Waals surface area contributed by atoms with E-state index in [9.17, 15) is 14.4 Å². The van der Waals surface area contributed by atoms with E-state index in [1.165, 1.54) is 11.3 Å². The number of hydrogen-bond donors (Lipinski definition) is 0. The van der Waals surface area contributed by atoms with Gasteiger partial charge in [0, 0.05) is 23.7 Å². The van der Waals surface area contributed by atoms with Gasteiger partial charge in [0.15, 0.2) is 6.61 Å². The van der Waals surface area contributed by atoms with Gasteiger partial charge in [0.05, 0.1) is 10.8 Å². The Kier molecular flexibility index (Phi) is 5.00. The standard InChI is InChI=1S/C21H23NO4S/c1-13-16-4-2-3-5-18(16)27-19(13)17(23)12-26-21(25)15-8-10-22(11-9-15)20(24)14-6-7-14/h2-5,14-15H,6-12H2,1H3. The predicted molar refractivity (Wildman–Crippen MR) is 104 cm³/mol. The Hall–Kier alpha value is -2.21. The Morgan fingerprint density at radius 3 is 2.44 bits per heavy atom. The lowest BCUT2D eigenvalue weighted by atomic mass is 9.96. The number of piperidine rings is 1. The fourth-order valence-electron chi connectivity index (χ4n) is 3.68. The van der Waals surface area contributed by atoms with Crippen LogP contribution in [-0.4, -0.2) is 42.3 Å². The molecule has 1 aromatic carbocycles. The maximum atomic E-state index is 12.5. The number of carbonyl (C=O) groups excluding carboxylic acids is 3. The van der Waals surface area contributed by atoms with Crippen LogP contribution in [0.1, 0.15) is 40.9 Å². The second-order valence-electron chi connectivity index (χ2n) is 7.46. The number of nitrogens with zero attached hydrogens (tertiary/aromatic N) is 1. The number of benzene rings is 1. The first-order chi connectivity index (χ1) is 13.0. The van der Waals surface area contributed by atoms with Crippen molar-refractivity contribution in [2.75, 3.05) is 19.7 Å². The Morgan fingerprint density at radius 2 is 1.78 bits per heavy atom. The number of likely N-dealkylation sites (tertiary alicyclic amines) is 1. The number of thiophene rings is 1. The fraction of sp³-hybridized carbons (Fsp3) is 0.476. The molecule has 0 unspecified atom stereocenters. The van der Waals surface area contributed by atoms with E-state index in [0.29, 0.717) is 30.8 Å². The van der Waals surface area contributed by atoms with Gasteiger partial charge in [0.25, 0.3) is 0 Å². The molecule has 2 aromatic rings. The molecule has 2 fully saturated rings. The van der Waals surface area contributed by atoms with Crippen LogP contribution in [0.15, 0.2) is 24.3 Å². The van der Waals surface area contributed by atoms with Crippen molar-refractivity contribution < 1.29 is 19.1 Å².